The van der Waals surface area contributed by atoms with E-state index in [4.69, 9.17) is 0 Å². The van der Waals surface area contributed by atoms with Gasteiger partial charge in [-0.3, -0.25) is 9.88 Å². The first-order chi connectivity index (χ1) is 10.2. The molecule has 3 nitrogen and oxygen atoms in total. The van der Waals surface area contributed by atoms with Crippen molar-refractivity contribution < 1.29 is 0 Å². The van der Waals surface area contributed by atoms with E-state index in [0.717, 1.165) is 19.6 Å². The Kier molecular flexibility index (Phi) is 4.04. The lowest BCUT2D eigenvalue weighted by molar-refractivity contribution is 0.0877. The standard InChI is InChI=1S/C18H23N3/c1-15-11-20-18(2,17-8-4-3-5-9-17)14-21(15)13-16-7-6-10-19-12-16/h3-10,12,15,20H,11,13-14H2,1-2H3. The molecule has 0 amide bonds. The van der Waals surface area contributed by atoms with E-state index in [9.17, 15) is 0 Å². The van der Waals surface area contributed by atoms with Gasteiger partial charge in [0, 0.05) is 38.1 Å². The Labute approximate surface area is 127 Å². The van der Waals surface area contributed by atoms with Gasteiger partial charge in [-0.2, -0.15) is 0 Å². The molecular formula is C18H23N3. The molecule has 1 aliphatic heterocycles. The van der Waals surface area contributed by atoms with Crippen LogP contribution in [0.15, 0.2) is 54.9 Å². The highest BCUT2D eigenvalue weighted by molar-refractivity contribution is 5.25. The van der Waals surface area contributed by atoms with Crippen molar-refractivity contribution in [1.29, 1.82) is 0 Å². The number of pyridine rings is 1. The third-order valence-electron chi connectivity index (χ3n) is 4.45. The van der Waals surface area contributed by atoms with Crippen molar-refractivity contribution >= 4 is 0 Å². The molecule has 110 valence electrons. The topological polar surface area (TPSA) is 28.2 Å². The fourth-order valence-corrected chi connectivity index (χ4v) is 3.06. The molecule has 2 atom stereocenters. The van der Waals surface area contributed by atoms with Crippen molar-refractivity contribution in [3.8, 4) is 0 Å². The highest BCUT2D eigenvalue weighted by Gasteiger charge is 2.35. The molecule has 0 saturated carbocycles. The quantitative estimate of drug-likeness (QED) is 0.937. The molecule has 0 radical (unpaired) electrons. The van der Waals surface area contributed by atoms with Crippen molar-refractivity contribution in [3.05, 3.63) is 66.0 Å². The molecule has 3 heteroatoms. The monoisotopic (exact) mass is 281 g/mol. The van der Waals surface area contributed by atoms with E-state index in [1.807, 2.05) is 18.5 Å². The van der Waals surface area contributed by atoms with Gasteiger partial charge in [0.15, 0.2) is 0 Å². The van der Waals surface area contributed by atoms with Gasteiger partial charge in [0.1, 0.15) is 0 Å². The highest BCUT2D eigenvalue weighted by Crippen LogP contribution is 2.27. The maximum Gasteiger partial charge on any atom is 0.0535 e. The largest absolute Gasteiger partial charge is 0.305 e. The van der Waals surface area contributed by atoms with Gasteiger partial charge in [-0.1, -0.05) is 36.4 Å². The zero-order valence-corrected chi connectivity index (χ0v) is 12.8. The molecule has 1 aliphatic rings. The summed E-state index contributed by atoms with van der Waals surface area (Å²) >= 11 is 0. The Morgan fingerprint density at radius 1 is 1.24 bits per heavy atom. The van der Waals surface area contributed by atoms with Crippen LogP contribution in [0.5, 0.6) is 0 Å². The van der Waals surface area contributed by atoms with E-state index < -0.39 is 0 Å². The molecule has 1 saturated heterocycles. The SMILES string of the molecule is CC1CNC(C)(c2ccccc2)CN1Cc1cccnc1. The molecule has 1 fully saturated rings. The summed E-state index contributed by atoms with van der Waals surface area (Å²) in [7, 11) is 0. The van der Waals surface area contributed by atoms with Crippen LogP contribution in [0.2, 0.25) is 0 Å². The van der Waals surface area contributed by atoms with E-state index in [2.05, 4.69) is 65.4 Å². The number of hydrogen-bond acceptors (Lipinski definition) is 3. The summed E-state index contributed by atoms with van der Waals surface area (Å²) in [5.74, 6) is 0. The Balaban J connectivity index is 1.78. The second-order valence-corrected chi connectivity index (χ2v) is 6.19. The molecular weight excluding hydrogens is 258 g/mol. The lowest BCUT2D eigenvalue weighted by atomic mass is 9.88. The zero-order valence-electron chi connectivity index (χ0n) is 12.8. The van der Waals surface area contributed by atoms with Gasteiger partial charge in [-0.25, -0.2) is 0 Å². The first-order valence-corrected chi connectivity index (χ1v) is 7.61. The molecule has 2 aromatic rings. The summed E-state index contributed by atoms with van der Waals surface area (Å²) < 4.78 is 0. The zero-order chi connectivity index (χ0) is 14.7. The fraction of sp³-hybridized carbons (Fsp3) is 0.389. The number of nitrogens with one attached hydrogen (secondary N) is 1. The van der Waals surface area contributed by atoms with Gasteiger partial charge in [0.2, 0.25) is 0 Å². The predicted molar refractivity (Wildman–Crippen MR) is 85.9 cm³/mol. The molecule has 0 bridgehead atoms. The summed E-state index contributed by atoms with van der Waals surface area (Å²) in [5, 5.41) is 3.72. The van der Waals surface area contributed by atoms with Crippen molar-refractivity contribution in [3.63, 3.8) is 0 Å². The van der Waals surface area contributed by atoms with E-state index in [1.165, 1.54) is 11.1 Å². The molecule has 21 heavy (non-hydrogen) atoms. The number of nitrogens with zero attached hydrogens (tertiary/aromatic N) is 2. The van der Waals surface area contributed by atoms with Crippen molar-refractivity contribution in [2.45, 2.75) is 32.0 Å². The maximum atomic E-state index is 4.23. The second-order valence-electron chi connectivity index (χ2n) is 6.19. The summed E-state index contributed by atoms with van der Waals surface area (Å²) in [6, 6.07) is 15.4. The van der Waals surface area contributed by atoms with Gasteiger partial charge in [-0.15, -0.1) is 0 Å². The smallest absolute Gasteiger partial charge is 0.0535 e. The average molecular weight is 281 g/mol. The molecule has 1 aromatic carbocycles. The van der Waals surface area contributed by atoms with Crippen LogP contribution < -0.4 is 5.32 Å². The number of hydrogen-bond donors (Lipinski definition) is 1. The van der Waals surface area contributed by atoms with Crippen LogP contribution >= 0.6 is 0 Å². The lowest BCUT2D eigenvalue weighted by Gasteiger charge is -2.45. The summed E-state index contributed by atoms with van der Waals surface area (Å²) in [6.45, 7) is 7.55. The number of aromatic nitrogens is 1. The van der Waals surface area contributed by atoms with Crippen molar-refractivity contribution in [1.82, 2.24) is 15.2 Å². The summed E-state index contributed by atoms with van der Waals surface area (Å²) in [4.78, 5) is 6.77. The van der Waals surface area contributed by atoms with Gasteiger partial charge in [-0.05, 0) is 31.0 Å². The number of rotatable bonds is 3. The third-order valence-corrected chi connectivity index (χ3v) is 4.45. The normalized spacial score (nSPS) is 26.7. The van der Waals surface area contributed by atoms with Crippen LogP contribution in [0, 0.1) is 0 Å². The first kappa shape index (κ1) is 14.2. The number of piperazine rings is 1. The van der Waals surface area contributed by atoms with E-state index in [1.54, 1.807) is 0 Å². The number of benzene rings is 1. The average Bonchev–Trinajstić information content (AvgIpc) is 2.53. The minimum Gasteiger partial charge on any atom is -0.305 e. The minimum absolute atomic E-state index is 0.00990. The fourth-order valence-electron chi connectivity index (χ4n) is 3.06. The Hall–Kier alpha value is -1.71. The molecule has 2 unspecified atom stereocenters. The molecule has 1 N–H and O–H groups in total. The van der Waals surface area contributed by atoms with Crippen LogP contribution in [0.3, 0.4) is 0 Å². The maximum absolute atomic E-state index is 4.23. The minimum atomic E-state index is 0.00990. The lowest BCUT2D eigenvalue weighted by Crippen LogP contribution is -2.59. The molecule has 3 rings (SSSR count). The summed E-state index contributed by atoms with van der Waals surface area (Å²) in [5.41, 5.74) is 2.64. The third kappa shape index (κ3) is 3.14. The first-order valence-electron chi connectivity index (χ1n) is 7.61. The molecule has 2 heterocycles. The van der Waals surface area contributed by atoms with Crippen LogP contribution in [0.25, 0.3) is 0 Å². The predicted octanol–water partition coefficient (Wildman–Crippen LogP) is 2.79. The molecule has 1 aromatic heterocycles. The van der Waals surface area contributed by atoms with Crippen LogP contribution in [0.1, 0.15) is 25.0 Å². The second kappa shape index (κ2) is 5.96. The summed E-state index contributed by atoms with van der Waals surface area (Å²) in [6.07, 6.45) is 3.80. The molecule has 0 aliphatic carbocycles. The Bertz CT molecular complexity index is 570. The van der Waals surface area contributed by atoms with Gasteiger partial charge >= 0.3 is 0 Å². The van der Waals surface area contributed by atoms with E-state index in [0.29, 0.717) is 6.04 Å². The van der Waals surface area contributed by atoms with Gasteiger partial charge < -0.3 is 5.32 Å². The van der Waals surface area contributed by atoms with Crippen LogP contribution in [-0.2, 0) is 12.1 Å². The Morgan fingerprint density at radius 2 is 2.05 bits per heavy atom. The van der Waals surface area contributed by atoms with E-state index in [-0.39, 0.29) is 5.54 Å². The highest BCUT2D eigenvalue weighted by atomic mass is 15.2. The van der Waals surface area contributed by atoms with E-state index >= 15 is 0 Å². The molecule has 0 spiro atoms. The Morgan fingerprint density at radius 3 is 2.76 bits per heavy atom. The van der Waals surface area contributed by atoms with Crippen LogP contribution in [0.4, 0.5) is 0 Å². The van der Waals surface area contributed by atoms with Crippen molar-refractivity contribution in [2.75, 3.05) is 13.1 Å². The van der Waals surface area contributed by atoms with Gasteiger partial charge in [0.05, 0.1) is 5.54 Å². The van der Waals surface area contributed by atoms with Crippen LogP contribution in [-0.4, -0.2) is 29.0 Å². The van der Waals surface area contributed by atoms with Crippen molar-refractivity contribution in [2.24, 2.45) is 0 Å². The van der Waals surface area contributed by atoms with Gasteiger partial charge in [0.25, 0.3) is 0 Å².